The molecule has 1 saturated carbocycles. The van der Waals surface area contributed by atoms with E-state index in [0.717, 1.165) is 24.0 Å². The van der Waals surface area contributed by atoms with Crippen LogP contribution >= 0.6 is 0 Å². The van der Waals surface area contributed by atoms with Crippen LogP contribution in [0.1, 0.15) is 69.4 Å². The summed E-state index contributed by atoms with van der Waals surface area (Å²) >= 11 is 0. The third-order valence-electron chi connectivity index (χ3n) is 6.34. The molecule has 1 aliphatic carbocycles. The molecule has 0 unspecified atom stereocenters. The summed E-state index contributed by atoms with van der Waals surface area (Å²) in [5, 5.41) is 14.7. The quantitative estimate of drug-likeness (QED) is 0.270. The summed E-state index contributed by atoms with van der Waals surface area (Å²) in [7, 11) is 0. The molecule has 0 aliphatic heterocycles. The summed E-state index contributed by atoms with van der Waals surface area (Å²) in [4.78, 5) is 12.6. The summed E-state index contributed by atoms with van der Waals surface area (Å²) in [6.07, 6.45) is 7.55. The number of hydrogen-bond acceptors (Lipinski definition) is 4. The highest BCUT2D eigenvalue weighted by atomic mass is 16.5. The lowest BCUT2D eigenvalue weighted by Crippen LogP contribution is -2.29. The summed E-state index contributed by atoms with van der Waals surface area (Å²) in [5.41, 5.74) is 3.14. The lowest BCUT2D eigenvalue weighted by molar-refractivity contribution is -0.117. The van der Waals surface area contributed by atoms with Crippen LogP contribution in [-0.4, -0.2) is 38.9 Å². The molecule has 2 aromatic carbocycles. The minimum absolute atomic E-state index is 0.138. The Labute approximate surface area is 197 Å². The third kappa shape index (κ3) is 7.15. The van der Waals surface area contributed by atoms with Crippen LogP contribution in [0, 0.1) is 11.3 Å². The second kappa shape index (κ2) is 13.1. The van der Waals surface area contributed by atoms with Gasteiger partial charge >= 0.3 is 0 Å². The van der Waals surface area contributed by atoms with Crippen molar-refractivity contribution in [2.24, 2.45) is 0 Å². The zero-order chi connectivity index (χ0) is 23.5. The van der Waals surface area contributed by atoms with E-state index in [1.807, 2.05) is 13.0 Å². The van der Waals surface area contributed by atoms with Crippen molar-refractivity contribution in [2.75, 3.05) is 33.0 Å². The number of carbonyl (C=O) groups excluding carboxylic acids is 1. The maximum atomic E-state index is 12.6. The molecule has 0 aromatic heterocycles. The molecule has 0 heterocycles. The van der Waals surface area contributed by atoms with E-state index < -0.39 is 0 Å². The van der Waals surface area contributed by atoms with Crippen LogP contribution in [0.3, 0.4) is 0 Å². The van der Waals surface area contributed by atoms with E-state index in [1.54, 1.807) is 0 Å². The van der Waals surface area contributed by atoms with Gasteiger partial charge in [-0.05, 0) is 65.6 Å². The van der Waals surface area contributed by atoms with Crippen molar-refractivity contribution >= 4 is 22.3 Å². The van der Waals surface area contributed by atoms with Crippen molar-refractivity contribution in [2.45, 2.75) is 58.3 Å². The highest BCUT2D eigenvalue weighted by molar-refractivity contribution is 6.05. The molecule has 3 rings (SSSR count). The molecule has 1 fully saturated rings. The van der Waals surface area contributed by atoms with E-state index in [4.69, 9.17) is 9.47 Å². The van der Waals surface area contributed by atoms with Gasteiger partial charge in [-0.2, -0.15) is 5.26 Å². The molecule has 1 aliphatic rings. The number of rotatable bonds is 11. The lowest BCUT2D eigenvalue weighted by atomic mass is 9.83. The first-order chi connectivity index (χ1) is 16.1. The number of amides is 1. The summed E-state index contributed by atoms with van der Waals surface area (Å²) in [6, 6.07) is 15.0. The molecule has 1 N–H and O–H groups in total. The Morgan fingerprint density at radius 2 is 1.70 bits per heavy atom. The second-order valence-corrected chi connectivity index (χ2v) is 8.75. The van der Waals surface area contributed by atoms with Gasteiger partial charge in [0, 0.05) is 13.2 Å². The number of nitrogens with one attached hydrogen (secondary N) is 1. The second-order valence-electron chi connectivity index (χ2n) is 8.75. The van der Waals surface area contributed by atoms with Gasteiger partial charge in [-0.15, -0.1) is 0 Å². The van der Waals surface area contributed by atoms with Gasteiger partial charge in [0.2, 0.25) is 0 Å². The number of fused-ring (bicyclic) bond motifs is 1. The first kappa shape index (κ1) is 25.0. The largest absolute Gasteiger partial charge is 0.379 e. The Balaban J connectivity index is 1.62. The van der Waals surface area contributed by atoms with E-state index in [2.05, 4.69) is 48.6 Å². The molecule has 5 heteroatoms. The smallest absolute Gasteiger partial charge is 0.262 e. The zero-order valence-electron chi connectivity index (χ0n) is 20.0. The van der Waals surface area contributed by atoms with E-state index in [-0.39, 0.29) is 11.5 Å². The summed E-state index contributed by atoms with van der Waals surface area (Å²) in [6.45, 7) is 6.41. The van der Waals surface area contributed by atoms with Gasteiger partial charge in [0.15, 0.2) is 0 Å². The Morgan fingerprint density at radius 1 is 1.00 bits per heavy atom. The molecule has 1 amide bonds. The monoisotopic (exact) mass is 448 g/mol. The van der Waals surface area contributed by atoms with Gasteiger partial charge in [0.1, 0.15) is 11.6 Å². The van der Waals surface area contributed by atoms with Gasteiger partial charge in [0.05, 0.1) is 19.8 Å². The average molecular weight is 449 g/mol. The van der Waals surface area contributed by atoms with Crippen molar-refractivity contribution in [1.29, 1.82) is 5.26 Å². The van der Waals surface area contributed by atoms with Crippen LogP contribution in [0.25, 0.3) is 16.3 Å². The van der Waals surface area contributed by atoms with Gasteiger partial charge in [-0.3, -0.25) is 4.79 Å². The Hall–Kier alpha value is -2.68. The van der Waals surface area contributed by atoms with Crippen molar-refractivity contribution in [3.8, 4) is 6.07 Å². The predicted molar refractivity (Wildman–Crippen MR) is 133 cm³/mol. The maximum absolute atomic E-state index is 12.6. The highest BCUT2D eigenvalue weighted by Crippen LogP contribution is 2.34. The standard InChI is InChI=1S/C28H36N2O3/c1-3-14-32-16-17-33-15-13-30-28(31)27(20-29)21(2)23-9-10-26-19-24(11-12-25(26)18-23)22-7-5-4-6-8-22/h9-12,18-19,22H,3-8,13-17H2,1-2H3,(H,30,31)/b27-21+. The molecule has 5 nitrogen and oxygen atoms in total. The normalized spacial score (nSPS) is 15.2. The molecular weight excluding hydrogens is 412 g/mol. The van der Waals surface area contributed by atoms with E-state index in [9.17, 15) is 10.1 Å². The molecule has 0 spiro atoms. The topological polar surface area (TPSA) is 71.3 Å². The molecule has 0 saturated heterocycles. The van der Waals surface area contributed by atoms with Crippen molar-refractivity contribution < 1.29 is 14.3 Å². The third-order valence-corrected chi connectivity index (χ3v) is 6.34. The van der Waals surface area contributed by atoms with Crippen LogP contribution < -0.4 is 5.32 Å². The molecule has 0 bridgehead atoms. The highest BCUT2D eigenvalue weighted by Gasteiger charge is 2.17. The number of benzene rings is 2. The van der Waals surface area contributed by atoms with Gasteiger partial charge in [-0.25, -0.2) is 0 Å². The Bertz CT molecular complexity index is 1000. The first-order valence-electron chi connectivity index (χ1n) is 12.2. The number of nitrogens with zero attached hydrogens (tertiary/aromatic N) is 1. The minimum atomic E-state index is -0.367. The van der Waals surface area contributed by atoms with Gasteiger partial charge < -0.3 is 14.8 Å². The summed E-state index contributed by atoms with van der Waals surface area (Å²) in [5.74, 6) is 0.305. The fourth-order valence-electron chi connectivity index (χ4n) is 4.43. The van der Waals surface area contributed by atoms with Crippen LogP contribution in [0.5, 0.6) is 0 Å². The lowest BCUT2D eigenvalue weighted by Gasteiger charge is -2.22. The van der Waals surface area contributed by atoms with E-state index in [1.165, 1.54) is 43.1 Å². The molecule has 176 valence electrons. The summed E-state index contributed by atoms with van der Waals surface area (Å²) < 4.78 is 10.8. The Morgan fingerprint density at radius 3 is 2.42 bits per heavy atom. The van der Waals surface area contributed by atoms with Crippen molar-refractivity contribution in [1.82, 2.24) is 5.32 Å². The number of nitriles is 1. The minimum Gasteiger partial charge on any atom is -0.379 e. The molecule has 2 aromatic rings. The van der Waals surface area contributed by atoms with E-state index in [0.29, 0.717) is 37.9 Å². The zero-order valence-corrected chi connectivity index (χ0v) is 20.0. The SMILES string of the molecule is CCCOCCOCCNC(=O)/C(C#N)=C(\C)c1ccc2cc(C3CCCCC3)ccc2c1. The van der Waals surface area contributed by atoms with Crippen LogP contribution in [-0.2, 0) is 14.3 Å². The molecule has 0 radical (unpaired) electrons. The van der Waals surface area contributed by atoms with Crippen LogP contribution in [0.15, 0.2) is 42.0 Å². The number of ether oxygens (including phenoxy) is 2. The van der Waals surface area contributed by atoms with Gasteiger partial charge in [0.25, 0.3) is 5.91 Å². The fourth-order valence-corrected chi connectivity index (χ4v) is 4.43. The van der Waals surface area contributed by atoms with E-state index >= 15 is 0 Å². The van der Waals surface area contributed by atoms with Crippen LogP contribution in [0.4, 0.5) is 0 Å². The Kier molecular flexibility index (Phi) is 9.93. The first-order valence-corrected chi connectivity index (χ1v) is 12.2. The molecular formula is C28H36N2O3. The maximum Gasteiger partial charge on any atom is 0.262 e. The average Bonchev–Trinajstić information content (AvgIpc) is 2.86. The van der Waals surface area contributed by atoms with Crippen LogP contribution in [0.2, 0.25) is 0 Å². The molecule has 33 heavy (non-hydrogen) atoms. The molecule has 0 atom stereocenters. The van der Waals surface area contributed by atoms with Gasteiger partial charge in [-0.1, -0.05) is 56.5 Å². The fraction of sp³-hybridized carbons (Fsp3) is 0.500. The van der Waals surface area contributed by atoms with Crippen molar-refractivity contribution in [3.05, 3.63) is 53.1 Å². The predicted octanol–water partition coefficient (Wildman–Crippen LogP) is 5.74. The van der Waals surface area contributed by atoms with Crippen molar-refractivity contribution in [3.63, 3.8) is 0 Å². The number of hydrogen-bond donors (Lipinski definition) is 1. The number of allylic oxidation sites excluding steroid dienone is 1. The number of carbonyl (C=O) groups is 1.